The van der Waals surface area contributed by atoms with E-state index in [0.29, 0.717) is 0 Å². The molecular weight excluding hydrogens is 180 g/mol. The van der Waals surface area contributed by atoms with Crippen molar-refractivity contribution in [2.45, 2.75) is 24.6 Å². The highest BCUT2D eigenvalue weighted by Gasteiger charge is 2.51. The minimum atomic E-state index is -1.91. The van der Waals surface area contributed by atoms with Crippen LogP contribution in [0.3, 0.4) is 0 Å². The van der Waals surface area contributed by atoms with Crippen LogP contribution in [0.15, 0.2) is 0 Å². The van der Waals surface area contributed by atoms with Crippen molar-refractivity contribution in [1.82, 2.24) is 0 Å². The highest BCUT2D eigenvalue weighted by atomic mass is 16.5. The van der Waals surface area contributed by atoms with Gasteiger partial charge in [-0.05, 0) is 0 Å². The van der Waals surface area contributed by atoms with Gasteiger partial charge < -0.3 is 30.6 Å². The Labute approximate surface area is 74.7 Å². The Morgan fingerprint density at radius 2 is 1.46 bits per heavy atom. The Morgan fingerprint density at radius 3 is 1.69 bits per heavy atom. The largest absolute Gasteiger partial charge is 0.396 e. The number of rotatable bonds is 2. The van der Waals surface area contributed by atoms with Gasteiger partial charge in [0.25, 0.3) is 0 Å². The van der Waals surface area contributed by atoms with E-state index in [4.69, 9.17) is 15.3 Å². The molecule has 1 aliphatic rings. The highest BCUT2D eigenvalue weighted by Crippen LogP contribution is 2.33. The lowest BCUT2D eigenvalue weighted by Gasteiger charge is -2.20. The van der Waals surface area contributed by atoms with Gasteiger partial charge in [0, 0.05) is 5.92 Å². The number of hydrogen-bond acceptors (Lipinski definition) is 6. The fraction of sp³-hybridized carbons (Fsp3) is 1.00. The molecule has 0 saturated heterocycles. The molecule has 6 heteroatoms. The van der Waals surface area contributed by atoms with E-state index < -0.39 is 43.0 Å². The van der Waals surface area contributed by atoms with E-state index >= 15 is 0 Å². The van der Waals surface area contributed by atoms with Crippen molar-refractivity contribution in [2.75, 3.05) is 6.61 Å². The van der Waals surface area contributed by atoms with Crippen LogP contribution in [0.25, 0.3) is 0 Å². The Hall–Kier alpha value is -0.240. The molecule has 0 aromatic carbocycles. The molecular formula is C7H14O6. The van der Waals surface area contributed by atoms with Crippen molar-refractivity contribution in [1.29, 1.82) is 0 Å². The third-order valence-electron chi connectivity index (χ3n) is 2.57. The van der Waals surface area contributed by atoms with Crippen LogP contribution < -0.4 is 0 Å². The molecule has 5 unspecified atom stereocenters. The molecule has 1 aliphatic carbocycles. The highest BCUT2D eigenvalue weighted by molar-refractivity contribution is 4.98. The van der Waals surface area contributed by atoms with Gasteiger partial charge in [0.15, 0.2) is 6.29 Å². The lowest BCUT2D eigenvalue weighted by atomic mass is 10.0. The fourth-order valence-electron chi connectivity index (χ4n) is 1.74. The molecule has 0 heterocycles. The average Bonchev–Trinajstić information content (AvgIpc) is 2.24. The van der Waals surface area contributed by atoms with Crippen molar-refractivity contribution in [2.24, 2.45) is 11.8 Å². The van der Waals surface area contributed by atoms with Crippen LogP contribution in [-0.4, -0.2) is 61.8 Å². The molecule has 6 nitrogen and oxygen atoms in total. The van der Waals surface area contributed by atoms with Gasteiger partial charge in [-0.15, -0.1) is 0 Å². The van der Waals surface area contributed by atoms with E-state index in [2.05, 4.69) is 0 Å². The molecule has 78 valence electrons. The molecule has 0 aliphatic heterocycles. The molecule has 1 saturated carbocycles. The third kappa shape index (κ3) is 1.69. The monoisotopic (exact) mass is 194 g/mol. The van der Waals surface area contributed by atoms with E-state index in [-0.39, 0.29) is 0 Å². The zero-order valence-corrected chi connectivity index (χ0v) is 6.85. The Bertz CT molecular complexity index is 172. The summed E-state index contributed by atoms with van der Waals surface area (Å²) >= 11 is 0. The molecule has 0 aromatic rings. The molecule has 6 N–H and O–H groups in total. The predicted molar refractivity (Wildman–Crippen MR) is 40.3 cm³/mol. The second-order valence-electron chi connectivity index (χ2n) is 3.31. The van der Waals surface area contributed by atoms with Gasteiger partial charge in [-0.2, -0.15) is 0 Å². The van der Waals surface area contributed by atoms with Crippen LogP contribution >= 0.6 is 0 Å². The summed E-state index contributed by atoms with van der Waals surface area (Å²) in [6, 6.07) is 0. The molecule has 5 atom stereocenters. The molecule has 1 fully saturated rings. The lowest BCUT2D eigenvalue weighted by molar-refractivity contribution is -0.142. The third-order valence-corrected chi connectivity index (χ3v) is 2.57. The van der Waals surface area contributed by atoms with Gasteiger partial charge in [-0.25, -0.2) is 0 Å². The van der Waals surface area contributed by atoms with Gasteiger partial charge in [0.05, 0.1) is 30.8 Å². The SMILES string of the molecule is OCC1C(O)C(O)C(C(O)O)C1O. The van der Waals surface area contributed by atoms with Gasteiger partial charge in [-0.3, -0.25) is 0 Å². The Balaban J connectivity index is 2.78. The fourth-order valence-corrected chi connectivity index (χ4v) is 1.74. The summed E-state index contributed by atoms with van der Waals surface area (Å²) in [4.78, 5) is 0. The van der Waals surface area contributed by atoms with Crippen molar-refractivity contribution in [3.05, 3.63) is 0 Å². The van der Waals surface area contributed by atoms with E-state index in [1.54, 1.807) is 0 Å². The molecule has 0 bridgehead atoms. The number of aliphatic hydroxyl groups excluding tert-OH is 5. The van der Waals surface area contributed by atoms with Gasteiger partial charge in [0.2, 0.25) is 0 Å². The van der Waals surface area contributed by atoms with Crippen molar-refractivity contribution < 1.29 is 30.6 Å². The summed E-state index contributed by atoms with van der Waals surface area (Å²) in [5.41, 5.74) is 0. The Kier molecular flexibility index (Phi) is 3.23. The van der Waals surface area contributed by atoms with Crippen LogP contribution in [0.5, 0.6) is 0 Å². The first-order valence-electron chi connectivity index (χ1n) is 4.02. The Morgan fingerprint density at radius 1 is 0.923 bits per heavy atom. The molecule has 0 radical (unpaired) electrons. The number of aliphatic hydroxyl groups is 6. The maximum absolute atomic E-state index is 9.36. The topological polar surface area (TPSA) is 121 Å². The standard InChI is InChI=1S/C7H14O6/c8-1-2-4(9)3(7(12)13)6(11)5(2)10/h2-13H,1H2. The smallest absolute Gasteiger partial charge is 0.159 e. The second-order valence-corrected chi connectivity index (χ2v) is 3.31. The van der Waals surface area contributed by atoms with Crippen LogP contribution in [0.4, 0.5) is 0 Å². The summed E-state index contributed by atoms with van der Waals surface area (Å²) in [5.74, 6) is -2.16. The zero-order valence-electron chi connectivity index (χ0n) is 6.85. The normalized spacial score (nSPS) is 45.9. The van der Waals surface area contributed by atoms with Crippen molar-refractivity contribution >= 4 is 0 Å². The minimum absolute atomic E-state index is 0.511. The van der Waals surface area contributed by atoms with Crippen molar-refractivity contribution in [3.63, 3.8) is 0 Å². The quantitative estimate of drug-likeness (QED) is 0.255. The summed E-state index contributed by atoms with van der Waals surface area (Å²) in [5, 5.41) is 54.1. The lowest BCUT2D eigenvalue weighted by Crippen LogP contribution is -2.36. The van der Waals surface area contributed by atoms with E-state index in [1.807, 2.05) is 0 Å². The average molecular weight is 194 g/mol. The van der Waals surface area contributed by atoms with Gasteiger partial charge in [0.1, 0.15) is 0 Å². The van der Waals surface area contributed by atoms with Crippen LogP contribution in [0, 0.1) is 11.8 Å². The minimum Gasteiger partial charge on any atom is -0.396 e. The summed E-state index contributed by atoms with van der Waals surface area (Å²) in [7, 11) is 0. The van der Waals surface area contributed by atoms with Gasteiger partial charge in [-0.1, -0.05) is 0 Å². The maximum atomic E-state index is 9.36. The molecule has 0 aromatic heterocycles. The van der Waals surface area contributed by atoms with E-state index in [0.717, 1.165) is 0 Å². The number of hydrogen-bond donors (Lipinski definition) is 6. The zero-order chi connectivity index (χ0) is 10.2. The summed E-state index contributed by atoms with van der Waals surface area (Å²) < 4.78 is 0. The van der Waals surface area contributed by atoms with Crippen LogP contribution in [0.1, 0.15) is 0 Å². The van der Waals surface area contributed by atoms with Crippen molar-refractivity contribution in [3.8, 4) is 0 Å². The predicted octanol–water partition coefficient (Wildman–Crippen LogP) is -3.38. The van der Waals surface area contributed by atoms with Gasteiger partial charge >= 0.3 is 0 Å². The summed E-state index contributed by atoms with van der Waals surface area (Å²) in [6.07, 6.45) is -5.97. The van der Waals surface area contributed by atoms with Crippen LogP contribution in [-0.2, 0) is 0 Å². The molecule has 0 amide bonds. The molecule has 1 rings (SSSR count). The van der Waals surface area contributed by atoms with E-state index in [1.165, 1.54) is 0 Å². The summed E-state index contributed by atoms with van der Waals surface area (Å²) in [6.45, 7) is -0.511. The maximum Gasteiger partial charge on any atom is 0.159 e. The van der Waals surface area contributed by atoms with E-state index in [9.17, 15) is 15.3 Å². The molecule has 0 spiro atoms. The van der Waals surface area contributed by atoms with Crippen LogP contribution in [0.2, 0.25) is 0 Å². The first-order valence-corrected chi connectivity index (χ1v) is 4.02. The second kappa shape index (κ2) is 3.87. The first-order chi connectivity index (χ1) is 6.00. The molecule has 13 heavy (non-hydrogen) atoms. The first kappa shape index (κ1) is 10.8.